The predicted octanol–water partition coefficient (Wildman–Crippen LogP) is 1.13. The number of hydrogen-bond acceptors (Lipinski definition) is 5. The van der Waals surface area contributed by atoms with Gasteiger partial charge < -0.3 is 4.74 Å². The van der Waals surface area contributed by atoms with Crippen LogP contribution in [0.4, 0.5) is 0 Å². The normalized spacial score (nSPS) is 9.29. The SMILES string of the molecule is C=C(C)C(=O)CC(=O)OC(=O)CC(=O)C(=C)C. The van der Waals surface area contributed by atoms with E-state index >= 15 is 0 Å². The van der Waals surface area contributed by atoms with E-state index in [0.717, 1.165) is 0 Å². The molecule has 0 spiro atoms. The molecule has 0 heterocycles. The van der Waals surface area contributed by atoms with Crippen LogP contribution in [0.15, 0.2) is 24.3 Å². The molecule has 17 heavy (non-hydrogen) atoms. The summed E-state index contributed by atoms with van der Waals surface area (Å²) in [5.41, 5.74) is 0.403. The summed E-state index contributed by atoms with van der Waals surface area (Å²) in [4.78, 5) is 44.3. The van der Waals surface area contributed by atoms with Gasteiger partial charge >= 0.3 is 11.9 Å². The molecule has 0 saturated carbocycles. The highest BCUT2D eigenvalue weighted by Crippen LogP contribution is 2.01. The standard InChI is InChI=1S/C12H14O5/c1-7(2)9(13)5-11(15)17-12(16)6-10(14)8(3)4/h1,3,5-6H2,2,4H3. The van der Waals surface area contributed by atoms with Crippen molar-refractivity contribution in [1.29, 1.82) is 0 Å². The fourth-order valence-electron chi connectivity index (χ4n) is 0.763. The van der Waals surface area contributed by atoms with Crippen molar-refractivity contribution in [2.24, 2.45) is 0 Å². The van der Waals surface area contributed by atoms with E-state index in [1.807, 2.05) is 0 Å². The Kier molecular flexibility index (Phi) is 5.74. The summed E-state index contributed by atoms with van der Waals surface area (Å²) < 4.78 is 4.29. The average Bonchev–Trinajstić information content (AvgIpc) is 2.16. The van der Waals surface area contributed by atoms with Crippen LogP contribution in [0.25, 0.3) is 0 Å². The van der Waals surface area contributed by atoms with E-state index in [1.54, 1.807) is 0 Å². The van der Waals surface area contributed by atoms with Crippen molar-refractivity contribution in [2.75, 3.05) is 0 Å². The zero-order valence-electron chi connectivity index (χ0n) is 9.87. The van der Waals surface area contributed by atoms with Gasteiger partial charge in [-0.3, -0.25) is 19.2 Å². The number of hydrogen-bond donors (Lipinski definition) is 0. The lowest BCUT2D eigenvalue weighted by molar-refractivity contribution is -0.160. The van der Waals surface area contributed by atoms with Crippen LogP contribution < -0.4 is 0 Å². The lowest BCUT2D eigenvalue weighted by Gasteiger charge is -2.02. The number of ketones is 2. The molecule has 0 bridgehead atoms. The summed E-state index contributed by atoms with van der Waals surface area (Å²) in [6.07, 6.45) is -1.11. The van der Waals surface area contributed by atoms with Crippen LogP contribution in [-0.2, 0) is 23.9 Å². The van der Waals surface area contributed by atoms with Gasteiger partial charge in [0.1, 0.15) is 12.8 Å². The molecule has 0 unspecified atom stereocenters. The minimum absolute atomic E-state index is 0.201. The first kappa shape index (κ1) is 15.0. The molecule has 0 rings (SSSR count). The van der Waals surface area contributed by atoms with Gasteiger partial charge in [0.15, 0.2) is 11.6 Å². The summed E-state index contributed by atoms with van der Waals surface area (Å²) in [5, 5.41) is 0. The second kappa shape index (κ2) is 6.52. The Labute approximate surface area is 99.1 Å². The molecule has 0 fully saturated rings. The number of ether oxygens (including phenoxy) is 1. The third-order valence-electron chi connectivity index (χ3n) is 1.79. The Hall–Kier alpha value is -2.04. The number of carbonyl (C=O) groups excluding carboxylic acids is 4. The predicted molar refractivity (Wildman–Crippen MR) is 60.0 cm³/mol. The van der Waals surface area contributed by atoms with E-state index < -0.39 is 36.3 Å². The topological polar surface area (TPSA) is 77.5 Å². The van der Waals surface area contributed by atoms with E-state index in [9.17, 15) is 19.2 Å². The van der Waals surface area contributed by atoms with Gasteiger partial charge in [-0.05, 0) is 25.0 Å². The third kappa shape index (κ3) is 6.19. The lowest BCUT2D eigenvalue weighted by atomic mass is 10.1. The van der Waals surface area contributed by atoms with Gasteiger partial charge in [0.2, 0.25) is 0 Å². The van der Waals surface area contributed by atoms with Gasteiger partial charge in [-0.15, -0.1) is 0 Å². The molecule has 0 amide bonds. The van der Waals surface area contributed by atoms with Crippen LogP contribution in [0.2, 0.25) is 0 Å². The number of allylic oxidation sites excluding steroid dienone is 2. The van der Waals surface area contributed by atoms with E-state index in [2.05, 4.69) is 17.9 Å². The van der Waals surface area contributed by atoms with Crippen molar-refractivity contribution in [3.8, 4) is 0 Å². The van der Waals surface area contributed by atoms with Gasteiger partial charge in [0.25, 0.3) is 0 Å². The molecule has 0 aromatic rings. The third-order valence-corrected chi connectivity index (χ3v) is 1.79. The van der Waals surface area contributed by atoms with Crippen molar-refractivity contribution in [1.82, 2.24) is 0 Å². The minimum atomic E-state index is -0.988. The second-order valence-electron chi connectivity index (χ2n) is 3.61. The van der Waals surface area contributed by atoms with Gasteiger partial charge in [-0.1, -0.05) is 13.2 Å². The molecule has 0 N–H and O–H groups in total. The number of Topliss-reactive ketones (excluding diaryl/α,β-unsaturated/α-hetero) is 2. The molecule has 0 saturated heterocycles. The number of carbonyl (C=O) groups is 4. The quantitative estimate of drug-likeness (QED) is 0.393. The van der Waals surface area contributed by atoms with Crippen LogP contribution >= 0.6 is 0 Å². The largest absolute Gasteiger partial charge is 0.392 e. The van der Waals surface area contributed by atoms with Crippen molar-refractivity contribution in [3.63, 3.8) is 0 Å². The monoisotopic (exact) mass is 238 g/mol. The zero-order chi connectivity index (χ0) is 13.6. The smallest absolute Gasteiger partial charge is 0.321 e. The second-order valence-corrected chi connectivity index (χ2v) is 3.61. The Morgan fingerprint density at radius 2 is 1.12 bits per heavy atom. The first-order valence-electron chi connectivity index (χ1n) is 4.85. The molecule has 0 atom stereocenters. The van der Waals surface area contributed by atoms with Crippen LogP contribution in [0, 0.1) is 0 Å². The van der Waals surface area contributed by atoms with E-state index in [0.29, 0.717) is 0 Å². The maximum absolute atomic E-state index is 11.1. The van der Waals surface area contributed by atoms with Crippen LogP contribution in [0.1, 0.15) is 26.7 Å². The molecular weight excluding hydrogens is 224 g/mol. The molecule has 5 nitrogen and oxygen atoms in total. The van der Waals surface area contributed by atoms with E-state index in [-0.39, 0.29) is 11.1 Å². The fourth-order valence-corrected chi connectivity index (χ4v) is 0.763. The Bertz CT molecular complexity index is 365. The summed E-state index contributed by atoms with van der Waals surface area (Å²) in [6.45, 7) is 9.59. The molecule has 0 aliphatic heterocycles. The molecule has 0 aromatic carbocycles. The Morgan fingerprint density at radius 1 is 0.824 bits per heavy atom. The molecule has 5 heteroatoms. The maximum Gasteiger partial charge on any atom is 0.321 e. The zero-order valence-corrected chi connectivity index (χ0v) is 9.87. The molecular formula is C12H14O5. The summed E-state index contributed by atoms with van der Waals surface area (Å²) in [7, 11) is 0. The minimum Gasteiger partial charge on any atom is -0.392 e. The number of rotatable bonds is 6. The number of esters is 2. The lowest BCUT2D eigenvalue weighted by Crippen LogP contribution is -2.18. The maximum atomic E-state index is 11.1. The van der Waals surface area contributed by atoms with Crippen molar-refractivity contribution >= 4 is 23.5 Å². The van der Waals surface area contributed by atoms with Gasteiger partial charge in [-0.2, -0.15) is 0 Å². The Balaban J connectivity index is 4.18. The highest BCUT2D eigenvalue weighted by atomic mass is 16.6. The van der Waals surface area contributed by atoms with Crippen LogP contribution in [0.5, 0.6) is 0 Å². The van der Waals surface area contributed by atoms with Crippen LogP contribution in [-0.4, -0.2) is 23.5 Å². The average molecular weight is 238 g/mol. The van der Waals surface area contributed by atoms with Crippen molar-refractivity contribution in [2.45, 2.75) is 26.7 Å². The molecule has 0 aromatic heterocycles. The van der Waals surface area contributed by atoms with Crippen molar-refractivity contribution in [3.05, 3.63) is 24.3 Å². The van der Waals surface area contributed by atoms with Crippen LogP contribution in [0.3, 0.4) is 0 Å². The highest BCUT2D eigenvalue weighted by Gasteiger charge is 2.17. The molecule has 0 aliphatic rings. The highest BCUT2D eigenvalue weighted by molar-refractivity contribution is 6.10. The van der Waals surface area contributed by atoms with Gasteiger partial charge in [0, 0.05) is 0 Å². The first-order valence-corrected chi connectivity index (χ1v) is 4.85. The van der Waals surface area contributed by atoms with Crippen molar-refractivity contribution < 1.29 is 23.9 Å². The van der Waals surface area contributed by atoms with Gasteiger partial charge in [0.05, 0.1) is 0 Å². The summed E-state index contributed by atoms with van der Waals surface area (Å²) in [6, 6.07) is 0. The molecule has 0 radical (unpaired) electrons. The van der Waals surface area contributed by atoms with E-state index in [4.69, 9.17) is 0 Å². The molecule has 92 valence electrons. The van der Waals surface area contributed by atoms with Gasteiger partial charge in [-0.25, -0.2) is 0 Å². The molecule has 0 aliphatic carbocycles. The summed E-state index contributed by atoms with van der Waals surface area (Å²) in [5.74, 6) is -2.99. The fraction of sp³-hybridized carbons (Fsp3) is 0.333. The summed E-state index contributed by atoms with van der Waals surface area (Å²) >= 11 is 0. The first-order chi connectivity index (χ1) is 7.73. The van der Waals surface area contributed by atoms with E-state index in [1.165, 1.54) is 13.8 Å². The Morgan fingerprint density at radius 3 is 1.35 bits per heavy atom.